The molecule has 0 bridgehead atoms. The van der Waals surface area contributed by atoms with Crippen LogP contribution in [0.25, 0.3) is 31.9 Å². The molecule has 0 amide bonds. The minimum absolute atomic E-state index is 0.0818. The number of nitrogens with zero attached hydrogens (tertiary/aromatic N) is 2. The number of rotatable bonds is 4. The van der Waals surface area contributed by atoms with Gasteiger partial charge in [-0.05, 0) is 48.2 Å². The largest absolute Gasteiger partial charge is 0.502 e. The highest BCUT2D eigenvalue weighted by molar-refractivity contribution is 7.22. The van der Waals surface area contributed by atoms with Gasteiger partial charge in [-0.2, -0.15) is 15.4 Å². The number of thiophene rings is 1. The number of methoxy groups -OCH3 is 2. The molecule has 0 unspecified atom stereocenters. The Hall–Kier alpha value is -3.13. The Morgan fingerprint density at radius 3 is 2.33 bits per heavy atom. The Morgan fingerprint density at radius 2 is 1.67 bits per heavy atom. The van der Waals surface area contributed by atoms with Gasteiger partial charge in [-0.25, -0.2) is 4.39 Å². The number of ether oxygens (including phenoxy) is 2. The van der Waals surface area contributed by atoms with Crippen molar-refractivity contribution < 1.29 is 19.0 Å². The third kappa shape index (κ3) is 2.87. The number of hydrogen-bond donors (Lipinski definition) is 2. The van der Waals surface area contributed by atoms with Gasteiger partial charge in [0.1, 0.15) is 17.2 Å². The van der Waals surface area contributed by atoms with E-state index in [1.807, 2.05) is 12.1 Å². The van der Waals surface area contributed by atoms with Crippen LogP contribution in [0.1, 0.15) is 5.56 Å². The number of phenolic OH excluding ortho intramolecular Hbond substituents is 1. The normalized spacial score (nSPS) is 11.1. The number of halogens is 1. The molecule has 0 fully saturated rings. The predicted octanol–water partition coefficient (Wildman–Crippen LogP) is 4.52. The molecule has 4 rings (SSSR count). The van der Waals surface area contributed by atoms with Gasteiger partial charge in [0.15, 0.2) is 11.5 Å². The predicted molar refractivity (Wildman–Crippen MR) is 102 cm³/mol. The molecular weight excluding hydrogens is 369 g/mol. The molecule has 0 aliphatic rings. The Kier molecular flexibility index (Phi) is 4.19. The summed E-state index contributed by atoms with van der Waals surface area (Å²) in [5.74, 6) is 0.224. The maximum Gasteiger partial charge on any atom is 0.200 e. The number of hydrogen-bond acceptors (Lipinski definition) is 6. The fourth-order valence-corrected chi connectivity index (χ4v) is 4.04. The number of nitrogens with one attached hydrogen (secondary N) is 1. The van der Waals surface area contributed by atoms with Crippen molar-refractivity contribution in [3.8, 4) is 39.1 Å². The second-order valence-electron chi connectivity index (χ2n) is 6.00. The molecular formula is C19H16FN3O3S. The van der Waals surface area contributed by atoms with Crippen molar-refractivity contribution in [3.05, 3.63) is 41.7 Å². The summed E-state index contributed by atoms with van der Waals surface area (Å²) in [6, 6.07) is 8.56. The molecule has 0 radical (unpaired) electrons. The van der Waals surface area contributed by atoms with Crippen LogP contribution in [0.5, 0.6) is 17.2 Å². The van der Waals surface area contributed by atoms with E-state index in [2.05, 4.69) is 15.4 Å². The molecule has 0 spiro atoms. The summed E-state index contributed by atoms with van der Waals surface area (Å²) in [4.78, 5) is 0.852. The molecule has 2 aromatic heterocycles. The Labute approximate surface area is 158 Å². The average Bonchev–Trinajstić information content (AvgIpc) is 3.29. The molecule has 2 N–H and O–H groups in total. The lowest BCUT2D eigenvalue weighted by atomic mass is 10.1. The molecule has 0 atom stereocenters. The van der Waals surface area contributed by atoms with Crippen molar-refractivity contribution in [2.24, 2.45) is 0 Å². The van der Waals surface area contributed by atoms with Gasteiger partial charge in [-0.15, -0.1) is 11.3 Å². The van der Waals surface area contributed by atoms with E-state index in [0.717, 1.165) is 15.0 Å². The van der Waals surface area contributed by atoms with Crippen molar-refractivity contribution in [2.45, 2.75) is 6.92 Å². The maximum absolute atomic E-state index is 13.9. The summed E-state index contributed by atoms with van der Waals surface area (Å²) >= 11 is 1.51. The van der Waals surface area contributed by atoms with Crippen LogP contribution in [0.2, 0.25) is 0 Å². The molecule has 27 heavy (non-hydrogen) atoms. The lowest BCUT2D eigenvalue weighted by Crippen LogP contribution is -1.91. The molecule has 0 saturated carbocycles. The summed E-state index contributed by atoms with van der Waals surface area (Å²) in [7, 11) is 2.93. The van der Waals surface area contributed by atoms with Crippen molar-refractivity contribution >= 4 is 21.4 Å². The molecule has 2 heterocycles. The quantitative estimate of drug-likeness (QED) is 0.540. The fourth-order valence-electron chi connectivity index (χ4n) is 2.91. The Balaban J connectivity index is 1.87. The standard InChI is InChI=1S/C19H16FN3O3S/c1-9-4-15-10(5-12(9)20)8-16(27-15)18-17(21-23-22-18)11-6-13(25-2)19(24)14(7-11)26-3/h4-8,24H,1-3H3,(H,21,22,23). The van der Waals surface area contributed by atoms with Crippen molar-refractivity contribution in [1.29, 1.82) is 0 Å². The molecule has 0 saturated heterocycles. The van der Waals surface area contributed by atoms with Crippen LogP contribution in [0.3, 0.4) is 0 Å². The molecule has 2 aromatic carbocycles. The number of benzene rings is 2. The number of H-pyrrole nitrogens is 1. The first kappa shape index (κ1) is 17.3. The van der Waals surface area contributed by atoms with E-state index in [4.69, 9.17) is 9.47 Å². The zero-order valence-electron chi connectivity index (χ0n) is 14.8. The van der Waals surface area contributed by atoms with Gasteiger partial charge in [-0.1, -0.05) is 0 Å². The number of aryl methyl sites for hydroxylation is 1. The van der Waals surface area contributed by atoms with Gasteiger partial charge in [-0.3, -0.25) is 0 Å². The second kappa shape index (κ2) is 6.55. The third-order valence-electron chi connectivity index (χ3n) is 4.33. The Morgan fingerprint density at radius 1 is 1.00 bits per heavy atom. The summed E-state index contributed by atoms with van der Waals surface area (Å²) in [6.07, 6.45) is 0. The highest BCUT2D eigenvalue weighted by Crippen LogP contribution is 2.43. The first-order valence-electron chi connectivity index (χ1n) is 8.08. The number of aromatic nitrogens is 3. The van der Waals surface area contributed by atoms with E-state index in [-0.39, 0.29) is 23.1 Å². The third-order valence-corrected chi connectivity index (χ3v) is 5.44. The fraction of sp³-hybridized carbons (Fsp3) is 0.158. The van der Waals surface area contributed by atoms with Crippen molar-refractivity contribution in [1.82, 2.24) is 15.4 Å². The lowest BCUT2D eigenvalue weighted by molar-refractivity contribution is 0.340. The Bertz CT molecular complexity index is 1090. The van der Waals surface area contributed by atoms with Gasteiger partial charge in [0.25, 0.3) is 0 Å². The molecule has 6 nitrogen and oxygen atoms in total. The van der Waals surface area contributed by atoms with E-state index in [0.29, 0.717) is 22.5 Å². The minimum atomic E-state index is -0.236. The minimum Gasteiger partial charge on any atom is -0.502 e. The monoisotopic (exact) mass is 385 g/mol. The topological polar surface area (TPSA) is 80.3 Å². The first-order chi connectivity index (χ1) is 13.0. The van der Waals surface area contributed by atoms with E-state index >= 15 is 0 Å². The molecule has 8 heteroatoms. The van der Waals surface area contributed by atoms with Crippen LogP contribution < -0.4 is 9.47 Å². The zero-order valence-corrected chi connectivity index (χ0v) is 15.6. The van der Waals surface area contributed by atoms with Gasteiger partial charge >= 0.3 is 0 Å². The van der Waals surface area contributed by atoms with E-state index in [1.165, 1.54) is 31.6 Å². The van der Waals surface area contributed by atoms with Crippen molar-refractivity contribution in [2.75, 3.05) is 14.2 Å². The SMILES string of the molecule is COc1cc(-c2n[nH]nc2-c2cc3cc(F)c(C)cc3s2)cc(OC)c1O. The molecule has 0 aliphatic carbocycles. The highest BCUT2D eigenvalue weighted by Gasteiger charge is 2.19. The van der Waals surface area contributed by atoms with Crippen LogP contribution in [-0.4, -0.2) is 34.7 Å². The summed E-state index contributed by atoms with van der Waals surface area (Å²) in [5, 5.41) is 22.1. The van der Waals surface area contributed by atoms with E-state index < -0.39 is 0 Å². The number of phenols is 1. The van der Waals surface area contributed by atoms with E-state index in [9.17, 15) is 9.50 Å². The van der Waals surface area contributed by atoms with Gasteiger partial charge in [0.05, 0.1) is 19.1 Å². The number of fused-ring (bicyclic) bond motifs is 1. The molecule has 4 aromatic rings. The van der Waals surface area contributed by atoms with Crippen LogP contribution >= 0.6 is 11.3 Å². The molecule has 138 valence electrons. The lowest BCUT2D eigenvalue weighted by Gasteiger charge is -2.10. The van der Waals surface area contributed by atoms with Crippen LogP contribution in [0.15, 0.2) is 30.3 Å². The van der Waals surface area contributed by atoms with Gasteiger partial charge in [0, 0.05) is 10.3 Å². The average molecular weight is 385 g/mol. The maximum atomic E-state index is 13.9. The summed E-state index contributed by atoms with van der Waals surface area (Å²) in [6.45, 7) is 1.74. The number of aromatic amines is 1. The smallest absolute Gasteiger partial charge is 0.200 e. The first-order valence-corrected chi connectivity index (χ1v) is 8.89. The molecule has 0 aliphatic heterocycles. The summed E-state index contributed by atoms with van der Waals surface area (Å²) in [5.41, 5.74) is 2.48. The second-order valence-corrected chi connectivity index (χ2v) is 7.08. The number of aromatic hydroxyl groups is 1. The van der Waals surface area contributed by atoms with Crippen LogP contribution in [0, 0.1) is 12.7 Å². The highest BCUT2D eigenvalue weighted by atomic mass is 32.1. The van der Waals surface area contributed by atoms with Crippen LogP contribution in [-0.2, 0) is 0 Å². The zero-order chi connectivity index (χ0) is 19.1. The van der Waals surface area contributed by atoms with Crippen LogP contribution in [0.4, 0.5) is 4.39 Å². The van der Waals surface area contributed by atoms with Gasteiger partial charge < -0.3 is 14.6 Å². The van der Waals surface area contributed by atoms with E-state index in [1.54, 1.807) is 19.1 Å². The summed E-state index contributed by atoms with van der Waals surface area (Å²) < 4.78 is 25.3. The van der Waals surface area contributed by atoms with Crippen molar-refractivity contribution in [3.63, 3.8) is 0 Å². The van der Waals surface area contributed by atoms with Gasteiger partial charge in [0.2, 0.25) is 5.75 Å².